The number of hydrogen-bond acceptors (Lipinski definition) is 4. The van der Waals surface area contributed by atoms with Crippen molar-refractivity contribution in [2.45, 2.75) is 17.3 Å². The third kappa shape index (κ3) is 2.76. The second-order valence-electron chi connectivity index (χ2n) is 4.23. The fourth-order valence-corrected chi connectivity index (χ4v) is 3.39. The molecule has 1 aromatic carbocycles. The molecule has 2 aromatic heterocycles. The molecular weight excluding hydrogens is 293 g/mol. The number of aromatic amines is 1. The lowest BCUT2D eigenvalue weighted by Gasteiger charge is -2.09. The van der Waals surface area contributed by atoms with Crippen LogP contribution in [0, 0.1) is 5.82 Å². The number of rotatable bonds is 4. The number of halogens is 1. The summed E-state index contributed by atoms with van der Waals surface area (Å²) in [7, 11) is 0. The van der Waals surface area contributed by atoms with Crippen molar-refractivity contribution in [2.75, 3.05) is 0 Å². The normalized spacial score (nSPS) is 12.5. The molecule has 0 fully saturated rings. The highest BCUT2D eigenvalue weighted by atomic mass is 32.2. The second-order valence-corrected chi connectivity index (χ2v) is 6.48. The highest BCUT2D eigenvalue weighted by Crippen LogP contribution is 2.34. The van der Waals surface area contributed by atoms with Gasteiger partial charge in [0, 0.05) is 10.8 Å². The molecule has 0 aliphatic carbocycles. The van der Waals surface area contributed by atoms with Crippen LogP contribution in [0.4, 0.5) is 4.39 Å². The van der Waals surface area contributed by atoms with Crippen LogP contribution < -0.4 is 0 Å². The molecule has 1 N–H and O–H groups in total. The topological polar surface area (TPSA) is 41.6 Å². The first-order valence-corrected chi connectivity index (χ1v) is 7.87. The van der Waals surface area contributed by atoms with E-state index in [9.17, 15) is 4.39 Å². The van der Waals surface area contributed by atoms with E-state index in [0.29, 0.717) is 10.7 Å². The molecule has 3 rings (SSSR count). The van der Waals surface area contributed by atoms with Crippen LogP contribution in [-0.4, -0.2) is 15.2 Å². The molecule has 0 aliphatic rings. The maximum absolute atomic E-state index is 13.7. The van der Waals surface area contributed by atoms with Gasteiger partial charge in [0.15, 0.2) is 5.82 Å². The van der Waals surface area contributed by atoms with Crippen LogP contribution >= 0.6 is 23.1 Å². The van der Waals surface area contributed by atoms with Gasteiger partial charge in [-0.2, -0.15) is 0 Å². The van der Waals surface area contributed by atoms with Crippen LogP contribution in [0.1, 0.15) is 17.7 Å². The summed E-state index contributed by atoms with van der Waals surface area (Å²) in [6.07, 6.45) is 0. The number of thioether (sulfide) groups is 1. The van der Waals surface area contributed by atoms with Crippen molar-refractivity contribution >= 4 is 23.1 Å². The van der Waals surface area contributed by atoms with E-state index < -0.39 is 0 Å². The molecule has 0 spiro atoms. The molecule has 0 saturated heterocycles. The number of aromatic nitrogens is 3. The van der Waals surface area contributed by atoms with Gasteiger partial charge in [-0.3, -0.25) is 5.10 Å². The van der Waals surface area contributed by atoms with Crippen molar-refractivity contribution in [2.24, 2.45) is 0 Å². The molecular formula is C14H12FN3S2. The van der Waals surface area contributed by atoms with Crippen molar-refractivity contribution in [3.63, 3.8) is 0 Å². The smallest absolute Gasteiger partial charge is 0.209 e. The Morgan fingerprint density at radius 2 is 2.10 bits per heavy atom. The summed E-state index contributed by atoms with van der Waals surface area (Å²) in [6.45, 7) is 1.95. The van der Waals surface area contributed by atoms with E-state index in [-0.39, 0.29) is 11.1 Å². The van der Waals surface area contributed by atoms with Crippen molar-refractivity contribution in [1.29, 1.82) is 0 Å². The summed E-state index contributed by atoms with van der Waals surface area (Å²) in [5.74, 6) is 0.560. The molecule has 0 unspecified atom stereocenters. The number of H-pyrrole nitrogens is 1. The predicted molar refractivity (Wildman–Crippen MR) is 80.4 cm³/mol. The summed E-state index contributed by atoms with van der Waals surface area (Å²) in [5, 5.41) is 9.68. The lowest BCUT2D eigenvalue weighted by Crippen LogP contribution is -1.93. The number of nitrogens with zero attached hydrogens (tertiary/aromatic N) is 2. The van der Waals surface area contributed by atoms with Gasteiger partial charge in [-0.1, -0.05) is 36.0 Å². The maximum Gasteiger partial charge on any atom is 0.209 e. The van der Waals surface area contributed by atoms with Gasteiger partial charge in [-0.15, -0.1) is 16.4 Å². The lowest BCUT2D eigenvalue weighted by molar-refractivity contribution is 0.611. The summed E-state index contributed by atoms with van der Waals surface area (Å²) in [4.78, 5) is 5.48. The molecule has 0 amide bonds. The minimum absolute atomic E-state index is 0.0387. The van der Waals surface area contributed by atoms with Crippen molar-refractivity contribution in [1.82, 2.24) is 15.2 Å². The summed E-state index contributed by atoms with van der Waals surface area (Å²) in [6, 6.07) is 10.8. The molecule has 3 aromatic rings. The Morgan fingerprint density at radius 1 is 1.25 bits per heavy atom. The Bertz CT molecular complexity index is 694. The van der Waals surface area contributed by atoms with Gasteiger partial charge in [0.1, 0.15) is 5.82 Å². The summed E-state index contributed by atoms with van der Waals surface area (Å²) in [5.41, 5.74) is 0.667. The molecule has 0 radical (unpaired) electrons. The Hall–Kier alpha value is -1.66. The standard InChI is InChI=1S/C14H12FN3S2/c1-9(10-5-2-3-6-11(10)15)20-14-16-13(17-18-14)12-7-4-8-19-12/h2-9H,1H3,(H,16,17,18)/t9-/m1/s1. The Balaban J connectivity index is 1.77. The summed E-state index contributed by atoms with van der Waals surface area (Å²) < 4.78 is 13.7. The number of benzene rings is 1. The molecule has 0 aliphatic heterocycles. The van der Waals surface area contributed by atoms with Crippen LogP contribution in [-0.2, 0) is 0 Å². The third-order valence-electron chi connectivity index (χ3n) is 2.84. The molecule has 20 heavy (non-hydrogen) atoms. The largest absolute Gasteiger partial charge is 0.257 e. The molecule has 0 bridgehead atoms. The van der Waals surface area contributed by atoms with E-state index >= 15 is 0 Å². The van der Waals surface area contributed by atoms with Crippen molar-refractivity contribution < 1.29 is 4.39 Å². The first-order valence-electron chi connectivity index (χ1n) is 6.11. The van der Waals surface area contributed by atoms with Crippen LogP contribution in [0.5, 0.6) is 0 Å². The van der Waals surface area contributed by atoms with Gasteiger partial charge < -0.3 is 0 Å². The number of thiophene rings is 1. The Labute approximate surface area is 124 Å². The van der Waals surface area contributed by atoms with Gasteiger partial charge in [-0.05, 0) is 24.4 Å². The average molecular weight is 305 g/mol. The van der Waals surface area contributed by atoms with Gasteiger partial charge in [0.2, 0.25) is 5.16 Å². The first-order chi connectivity index (χ1) is 9.74. The minimum atomic E-state index is -0.193. The first kappa shape index (κ1) is 13.3. The van der Waals surface area contributed by atoms with E-state index in [0.717, 1.165) is 10.7 Å². The maximum atomic E-state index is 13.7. The van der Waals surface area contributed by atoms with Crippen LogP contribution in [0.2, 0.25) is 0 Å². The van der Waals surface area contributed by atoms with E-state index in [1.54, 1.807) is 23.5 Å². The SMILES string of the molecule is C[C@@H](Sc1n[nH]c(-c2cccs2)n1)c1ccccc1F. The van der Waals surface area contributed by atoms with Crippen molar-refractivity contribution in [3.05, 3.63) is 53.2 Å². The van der Waals surface area contributed by atoms with Gasteiger partial charge in [-0.25, -0.2) is 9.37 Å². The number of hydrogen-bond donors (Lipinski definition) is 1. The fraction of sp³-hybridized carbons (Fsp3) is 0.143. The monoisotopic (exact) mass is 305 g/mol. The van der Waals surface area contributed by atoms with Crippen LogP contribution in [0.25, 0.3) is 10.7 Å². The fourth-order valence-electron chi connectivity index (χ4n) is 1.85. The van der Waals surface area contributed by atoms with Crippen LogP contribution in [0.15, 0.2) is 46.9 Å². The minimum Gasteiger partial charge on any atom is -0.257 e. The van der Waals surface area contributed by atoms with Gasteiger partial charge in [0.25, 0.3) is 0 Å². The zero-order chi connectivity index (χ0) is 13.9. The van der Waals surface area contributed by atoms with Crippen LogP contribution in [0.3, 0.4) is 0 Å². The van der Waals surface area contributed by atoms with E-state index in [2.05, 4.69) is 15.2 Å². The lowest BCUT2D eigenvalue weighted by atomic mass is 10.1. The molecule has 3 nitrogen and oxygen atoms in total. The Morgan fingerprint density at radius 3 is 2.85 bits per heavy atom. The second kappa shape index (κ2) is 5.76. The van der Waals surface area contributed by atoms with Crippen molar-refractivity contribution in [3.8, 4) is 10.7 Å². The zero-order valence-corrected chi connectivity index (χ0v) is 12.3. The molecule has 102 valence electrons. The van der Waals surface area contributed by atoms with E-state index in [1.807, 2.05) is 30.5 Å². The quantitative estimate of drug-likeness (QED) is 0.720. The molecule has 6 heteroatoms. The number of nitrogens with one attached hydrogen (secondary N) is 1. The molecule has 1 atom stereocenters. The Kier molecular flexibility index (Phi) is 3.84. The van der Waals surface area contributed by atoms with Gasteiger partial charge >= 0.3 is 0 Å². The third-order valence-corrected chi connectivity index (χ3v) is 4.72. The predicted octanol–water partition coefficient (Wildman–Crippen LogP) is 4.53. The molecule has 0 saturated carbocycles. The average Bonchev–Trinajstić information content (AvgIpc) is 3.09. The van der Waals surface area contributed by atoms with Gasteiger partial charge in [0.05, 0.1) is 4.88 Å². The zero-order valence-electron chi connectivity index (χ0n) is 10.7. The highest BCUT2D eigenvalue weighted by molar-refractivity contribution is 7.99. The van der Waals surface area contributed by atoms with E-state index in [4.69, 9.17) is 0 Å². The summed E-state index contributed by atoms with van der Waals surface area (Å²) >= 11 is 3.04. The molecule has 2 heterocycles. The highest BCUT2D eigenvalue weighted by Gasteiger charge is 2.15. The van der Waals surface area contributed by atoms with E-state index in [1.165, 1.54) is 17.8 Å².